The first kappa shape index (κ1) is 20.8. The van der Waals surface area contributed by atoms with Gasteiger partial charge in [0, 0.05) is 30.0 Å². The topological polar surface area (TPSA) is 50.2 Å². The van der Waals surface area contributed by atoms with Gasteiger partial charge in [0.1, 0.15) is 5.82 Å². The minimum atomic E-state index is -4.44. The summed E-state index contributed by atoms with van der Waals surface area (Å²) >= 11 is 1.43. The summed E-state index contributed by atoms with van der Waals surface area (Å²) in [6.45, 7) is 7.29. The first-order valence-corrected chi connectivity index (χ1v) is 11.6. The van der Waals surface area contributed by atoms with E-state index in [-0.39, 0.29) is 40.7 Å². The van der Waals surface area contributed by atoms with E-state index in [1.54, 1.807) is 0 Å². The van der Waals surface area contributed by atoms with E-state index in [1.165, 1.54) is 17.4 Å². The van der Waals surface area contributed by atoms with Crippen molar-refractivity contribution in [1.29, 1.82) is 0 Å². The van der Waals surface area contributed by atoms with Crippen LogP contribution in [0.4, 0.5) is 19.0 Å². The Labute approximate surface area is 183 Å². The summed E-state index contributed by atoms with van der Waals surface area (Å²) in [6, 6.07) is 3.07. The smallest absolute Gasteiger partial charge is 0.363 e. The third-order valence-corrected chi connectivity index (χ3v) is 7.96. The Kier molecular flexibility index (Phi) is 4.53. The number of anilines is 1. The molecule has 2 aromatic rings. The van der Waals surface area contributed by atoms with Crippen molar-refractivity contribution < 1.29 is 18.0 Å². The number of nitrogens with zero attached hydrogens (tertiary/aromatic N) is 3. The van der Waals surface area contributed by atoms with Gasteiger partial charge in [-0.15, -0.1) is 11.3 Å². The number of thiophene rings is 1. The van der Waals surface area contributed by atoms with Gasteiger partial charge in [-0.2, -0.15) is 18.3 Å². The highest BCUT2D eigenvalue weighted by atomic mass is 32.1. The zero-order valence-electron chi connectivity index (χ0n) is 17.9. The SMILES string of the molecule is CC1(C)C[C@H]2C[C@](C)(CN2C(=O)c2cc3n(n2)[C@H](C(F)(F)F)C[C@H](c2cccs2)N3)C1. The Hall–Kier alpha value is -2.03. The van der Waals surface area contributed by atoms with Crippen LogP contribution in [0.25, 0.3) is 0 Å². The maximum absolute atomic E-state index is 13.9. The molecule has 9 heteroatoms. The highest BCUT2D eigenvalue weighted by Gasteiger charge is 2.52. The number of alkyl halides is 3. The molecule has 1 amide bonds. The largest absolute Gasteiger partial charge is 0.410 e. The molecule has 0 spiro atoms. The molecule has 168 valence electrons. The van der Waals surface area contributed by atoms with E-state index in [1.807, 2.05) is 22.4 Å². The number of halogens is 3. The van der Waals surface area contributed by atoms with E-state index in [0.717, 1.165) is 28.8 Å². The molecule has 2 fully saturated rings. The van der Waals surface area contributed by atoms with Crippen LogP contribution in [0.1, 0.15) is 73.9 Å². The maximum atomic E-state index is 13.9. The molecule has 4 heterocycles. The van der Waals surface area contributed by atoms with E-state index in [0.29, 0.717) is 6.54 Å². The Morgan fingerprint density at radius 2 is 2.06 bits per heavy atom. The molecule has 0 aromatic carbocycles. The molecule has 5 rings (SSSR count). The number of carbonyl (C=O) groups excluding carboxylic acids is 1. The third-order valence-electron chi connectivity index (χ3n) is 6.97. The first-order chi connectivity index (χ1) is 14.4. The molecule has 5 nitrogen and oxygen atoms in total. The van der Waals surface area contributed by atoms with E-state index in [2.05, 4.69) is 31.2 Å². The fourth-order valence-electron chi connectivity index (χ4n) is 6.20. The van der Waals surface area contributed by atoms with Crippen LogP contribution in [-0.2, 0) is 0 Å². The fourth-order valence-corrected chi connectivity index (χ4v) is 6.99. The Morgan fingerprint density at radius 3 is 2.74 bits per heavy atom. The van der Waals surface area contributed by atoms with Crippen molar-refractivity contribution in [3.8, 4) is 0 Å². The first-order valence-electron chi connectivity index (χ1n) is 10.7. The van der Waals surface area contributed by atoms with Crippen molar-refractivity contribution in [3.63, 3.8) is 0 Å². The van der Waals surface area contributed by atoms with E-state index >= 15 is 0 Å². The van der Waals surface area contributed by atoms with Gasteiger partial charge in [-0.1, -0.05) is 26.8 Å². The molecule has 1 saturated carbocycles. The molecule has 2 bridgehead atoms. The number of likely N-dealkylation sites (tertiary alicyclic amines) is 1. The van der Waals surface area contributed by atoms with Crippen LogP contribution in [0.5, 0.6) is 0 Å². The minimum Gasteiger partial charge on any atom is -0.363 e. The van der Waals surface area contributed by atoms with Gasteiger partial charge in [0.25, 0.3) is 5.91 Å². The lowest BCUT2D eigenvalue weighted by Gasteiger charge is -2.39. The van der Waals surface area contributed by atoms with Gasteiger partial charge in [-0.05, 0) is 41.5 Å². The van der Waals surface area contributed by atoms with Crippen molar-refractivity contribution in [3.05, 3.63) is 34.2 Å². The number of hydrogen-bond donors (Lipinski definition) is 1. The summed E-state index contributed by atoms with van der Waals surface area (Å²) < 4.78 is 42.6. The van der Waals surface area contributed by atoms with E-state index < -0.39 is 18.3 Å². The molecule has 2 aromatic heterocycles. The number of carbonyl (C=O) groups is 1. The summed E-state index contributed by atoms with van der Waals surface area (Å²) in [5.41, 5.74) is 0.299. The monoisotopic (exact) mass is 452 g/mol. The predicted molar refractivity (Wildman–Crippen MR) is 113 cm³/mol. The number of nitrogens with one attached hydrogen (secondary N) is 1. The fraction of sp³-hybridized carbons (Fsp3) is 0.636. The lowest BCUT2D eigenvalue weighted by Crippen LogP contribution is -2.38. The Morgan fingerprint density at radius 1 is 1.29 bits per heavy atom. The average Bonchev–Trinajstić information content (AvgIpc) is 3.35. The van der Waals surface area contributed by atoms with Crippen molar-refractivity contribution in [2.75, 3.05) is 11.9 Å². The maximum Gasteiger partial charge on any atom is 0.410 e. The van der Waals surface area contributed by atoms with Crippen LogP contribution in [0, 0.1) is 10.8 Å². The molecular weight excluding hydrogens is 425 g/mol. The van der Waals surface area contributed by atoms with Gasteiger partial charge in [0.05, 0.1) is 6.04 Å². The zero-order valence-corrected chi connectivity index (χ0v) is 18.7. The van der Waals surface area contributed by atoms with E-state index in [4.69, 9.17) is 0 Å². The standard InChI is InChI=1S/C22H27F3N4OS/c1-20(2)9-13-10-21(3,11-20)12-28(13)19(30)15-8-18-26-14(16-5-4-6-31-16)7-17(22(23,24)25)29(18)27-15/h4-6,8,13-14,17,26H,7,9-12H2,1-3H3/t13-,14+,17-,21-/m0/s1. The van der Waals surface area contributed by atoms with Crippen LogP contribution < -0.4 is 5.32 Å². The van der Waals surface area contributed by atoms with Crippen LogP contribution in [0.3, 0.4) is 0 Å². The van der Waals surface area contributed by atoms with Crippen molar-refractivity contribution in [2.45, 2.75) is 70.8 Å². The predicted octanol–water partition coefficient (Wildman–Crippen LogP) is 5.65. The van der Waals surface area contributed by atoms with Crippen molar-refractivity contribution in [2.24, 2.45) is 10.8 Å². The summed E-state index contributed by atoms with van der Waals surface area (Å²) in [5, 5.41) is 9.21. The molecule has 1 saturated heterocycles. The number of hydrogen-bond acceptors (Lipinski definition) is 4. The quantitative estimate of drug-likeness (QED) is 0.641. The normalized spacial score (nSPS) is 31.9. The number of aromatic nitrogens is 2. The molecule has 2 aliphatic heterocycles. The molecule has 31 heavy (non-hydrogen) atoms. The Balaban J connectivity index is 1.46. The summed E-state index contributed by atoms with van der Waals surface area (Å²) in [6.07, 6.45) is -1.70. The molecule has 4 atom stereocenters. The second kappa shape index (κ2) is 6.73. The molecule has 1 N–H and O–H groups in total. The Bertz CT molecular complexity index is 999. The molecule has 1 aliphatic carbocycles. The molecule has 3 aliphatic rings. The van der Waals surface area contributed by atoms with Gasteiger partial charge >= 0.3 is 6.18 Å². The van der Waals surface area contributed by atoms with Gasteiger partial charge in [0.15, 0.2) is 11.7 Å². The van der Waals surface area contributed by atoms with Crippen LogP contribution in [0.15, 0.2) is 23.6 Å². The van der Waals surface area contributed by atoms with Crippen molar-refractivity contribution >= 4 is 23.1 Å². The zero-order chi connectivity index (χ0) is 22.2. The highest BCUT2D eigenvalue weighted by molar-refractivity contribution is 7.10. The van der Waals surface area contributed by atoms with Crippen LogP contribution in [-0.4, -0.2) is 39.4 Å². The van der Waals surface area contributed by atoms with E-state index in [9.17, 15) is 18.0 Å². The second-order valence-electron chi connectivity index (χ2n) is 10.5. The molecule has 0 radical (unpaired) electrons. The molecular formula is C22H27F3N4OS. The number of fused-ring (bicyclic) bond motifs is 3. The lowest BCUT2D eigenvalue weighted by atomic mass is 9.65. The lowest BCUT2D eigenvalue weighted by molar-refractivity contribution is -0.173. The highest BCUT2D eigenvalue weighted by Crippen LogP contribution is 2.53. The number of amides is 1. The van der Waals surface area contributed by atoms with Gasteiger partial charge in [-0.25, -0.2) is 4.68 Å². The summed E-state index contributed by atoms with van der Waals surface area (Å²) in [7, 11) is 0. The summed E-state index contributed by atoms with van der Waals surface area (Å²) in [5.74, 6) is -0.00671. The van der Waals surface area contributed by atoms with Crippen LogP contribution >= 0.6 is 11.3 Å². The van der Waals surface area contributed by atoms with Gasteiger partial charge in [-0.3, -0.25) is 4.79 Å². The van der Waals surface area contributed by atoms with Gasteiger partial charge in [0.2, 0.25) is 0 Å². The minimum absolute atomic E-state index is 0.0540. The molecule has 0 unspecified atom stereocenters. The average molecular weight is 453 g/mol. The second-order valence-corrected chi connectivity index (χ2v) is 11.5. The van der Waals surface area contributed by atoms with Gasteiger partial charge < -0.3 is 10.2 Å². The third kappa shape index (κ3) is 3.64. The van der Waals surface area contributed by atoms with Crippen LogP contribution in [0.2, 0.25) is 0 Å². The summed E-state index contributed by atoms with van der Waals surface area (Å²) in [4.78, 5) is 16.1. The number of rotatable bonds is 2. The van der Waals surface area contributed by atoms with Crippen molar-refractivity contribution in [1.82, 2.24) is 14.7 Å².